The van der Waals surface area contributed by atoms with Crippen molar-refractivity contribution < 1.29 is 13.9 Å². The Morgan fingerprint density at radius 2 is 1.86 bits per heavy atom. The lowest BCUT2D eigenvalue weighted by molar-refractivity contribution is 0.102. The number of anilines is 1. The predicted octanol–water partition coefficient (Wildman–Crippen LogP) is 4.55. The van der Waals surface area contributed by atoms with E-state index in [4.69, 9.17) is 14.9 Å². The molecule has 0 saturated carbocycles. The Hall–Kier alpha value is -3.12. The van der Waals surface area contributed by atoms with Gasteiger partial charge in [0.05, 0.1) is 6.04 Å². The van der Waals surface area contributed by atoms with Crippen LogP contribution in [0.5, 0.6) is 5.75 Å². The molecule has 3 aromatic rings. The number of nitrogens with two attached hydrogens (primary N) is 1. The van der Waals surface area contributed by atoms with Crippen molar-refractivity contribution in [3.05, 3.63) is 78.0 Å². The number of carbonyl (C=O) groups is 1. The molecular formula is C22H25N3O3. The molecule has 1 heterocycles. The fourth-order valence-corrected chi connectivity index (χ4v) is 2.74. The van der Waals surface area contributed by atoms with Gasteiger partial charge in [0.2, 0.25) is 5.89 Å². The Labute approximate surface area is 164 Å². The molecule has 146 valence electrons. The fourth-order valence-electron chi connectivity index (χ4n) is 2.74. The van der Waals surface area contributed by atoms with Gasteiger partial charge < -0.3 is 20.2 Å². The van der Waals surface area contributed by atoms with E-state index in [0.717, 1.165) is 17.7 Å². The van der Waals surface area contributed by atoms with Gasteiger partial charge in [0.15, 0.2) is 5.69 Å². The van der Waals surface area contributed by atoms with E-state index in [1.165, 1.54) is 6.26 Å². The standard InChI is InChI=1S/C22H25N3O3/c1-15(2)12-19(23)22-25-20(14-28-22)21(26)24-17-8-10-18(11-9-17)27-13-16-6-4-3-5-7-16/h3-11,14-15,19H,12-13,23H2,1-2H3,(H,24,26). The first-order valence-corrected chi connectivity index (χ1v) is 9.30. The fraction of sp³-hybridized carbons (Fsp3) is 0.273. The molecule has 6 heteroatoms. The first kappa shape index (κ1) is 19.6. The molecule has 0 fully saturated rings. The summed E-state index contributed by atoms with van der Waals surface area (Å²) in [5, 5.41) is 2.79. The summed E-state index contributed by atoms with van der Waals surface area (Å²) in [5.41, 5.74) is 8.00. The monoisotopic (exact) mass is 379 g/mol. The van der Waals surface area contributed by atoms with Gasteiger partial charge >= 0.3 is 0 Å². The molecule has 0 bridgehead atoms. The topological polar surface area (TPSA) is 90.4 Å². The third kappa shape index (κ3) is 5.44. The zero-order valence-corrected chi connectivity index (χ0v) is 16.1. The molecule has 1 atom stereocenters. The molecule has 0 saturated heterocycles. The van der Waals surface area contributed by atoms with Crippen LogP contribution in [-0.2, 0) is 6.61 Å². The number of nitrogens with one attached hydrogen (secondary N) is 1. The molecule has 0 radical (unpaired) electrons. The number of rotatable bonds is 8. The van der Waals surface area contributed by atoms with Crippen LogP contribution in [0.3, 0.4) is 0 Å². The highest BCUT2D eigenvalue weighted by atomic mass is 16.5. The van der Waals surface area contributed by atoms with Crippen LogP contribution in [0, 0.1) is 5.92 Å². The maximum absolute atomic E-state index is 12.4. The average Bonchev–Trinajstić information content (AvgIpc) is 3.18. The number of ether oxygens (including phenoxy) is 1. The van der Waals surface area contributed by atoms with Gasteiger partial charge in [-0.15, -0.1) is 0 Å². The lowest BCUT2D eigenvalue weighted by Gasteiger charge is -2.09. The van der Waals surface area contributed by atoms with Crippen LogP contribution in [0.25, 0.3) is 0 Å². The van der Waals surface area contributed by atoms with Gasteiger partial charge in [-0.2, -0.15) is 0 Å². The number of hydrogen-bond acceptors (Lipinski definition) is 5. The molecule has 3 rings (SSSR count). The van der Waals surface area contributed by atoms with Crippen LogP contribution in [0.2, 0.25) is 0 Å². The second-order valence-corrected chi connectivity index (χ2v) is 7.06. The lowest BCUT2D eigenvalue weighted by atomic mass is 10.0. The minimum Gasteiger partial charge on any atom is -0.489 e. The van der Waals surface area contributed by atoms with E-state index in [0.29, 0.717) is 24.1 Å². The number of carbonyl (C=O) groups excluding carboxylic acids is 1. The van der Waals surface area contributed by atoms with Crippen LogP contribution in [0.15, 0.2) is 65.3 Å². The van der Waals surface area contributed by atoms with Crippen molar-refractivity contribution in [2.24, 2.45) is 11.7 Å². The van der Waals surface area contributed by atoms with Crippen LogP contribution in [0.4, 0.5) is 5.69 Å². The molecule has 1 aromatic heterocycles. The predicted molar refractivity (Wildman–Crippen MR) is 108 cm³/mol. The molecule has 28 heavy (non-hydrogen) atoms. The highest BCUT2D eigenvalue weighted by Gasteiger charge is 2.18. The van der Waals surface area contributed by atoms with E-state index >= 15 is 0 Å². The molecule has 3 N–H and O–H groups in total. The van der Waals surface area contributed by atoms with E-state index in [9.17, 15) is 4.79 Å². The smallest absolute Gasteiger partial charge is 0.277 e. The summed E-state index contributed by atoms with van der Waals surface area (Å²) in [6.07, 6.45) is 2.08. The third-order valence-electron chi connectivity index (χ3n) is 4.16. The maximum Gasteiger partial charge on any atom is 0.277 e. The van der Waals surface area contributed by atoms with Gasteiger partial charge in [-0.05, 0) is 42.2 Å². The van der Waals surface area contributed by atoms with E-state index in [-0.39, 0.29) is 17.6 Å². The molecule has 0 spiro atoms. The SMILES string of the molecule is CC(C)CC(N)c1nc(C(=O)Nc2ccc(OCc3ccccc3)cc2)co1. The summed E-state index contributed by atoms with van der Waals surface area (Å²) in [7, 11) is 0. The van der Waals surface area contributed by atoms with Crippen molar-refractivity contribution in [3.63, 3.8) is 0 Å². The van der Waals surface area contributed by atoms with Gasteiger partial charge in [0.1, 0.15) is 18.6 Å². The Morgan fingerprint density at radius 3 is 2.54 bits per heavy atom. The van der Waals surface area contributed by atoms with Crippen molar-refractivity contribution in [1.82, 2.24) is 4.98 Å². The normalized spacial score (nSPS) is 12.0. The maximum atomic E-state index is 12.4. The van der Waals surface area contributed by atoms with Crippen LogP contribution >= 0.6 is 0 Å². The molecule has 2 aromatic carbocycles. The zero-order chi connectivity index (χ0) is 19.9. The summed E-state index contributed by atoms with van der Waals surface area (Å²) in [5.74, 6) is 1.18. The van der Waals surface area contributed by atoms with Gasteiger partial charge in [0.25, 0.3) is 5.91 Å². The minimum atomic E-state index is -0.343. The number of oxazole rings is 1. The zero-order valence-electron chi connectivity index (χ0n) is 16.1. The van der Waals surface area contributed by atoms with Crippen LogP contribution < -0.4 is 15.8 Å². The molecular weight excluding hydrogens is 354 g/mol. The third-order valence-corrected chi connectivity index (χ3v) is 4.16. The highest BCUT2D eigenvalue weighted by molar-refractivity contribution is 6.02. The number of hydrogen-bond donors (Lipinski definition) is 2. The summed E-state index contributed by atoms with van der Waals surface area (Å²) < 4.78 is 11.1. The summed E-state index contributed by atoms with van der Waals surface area (Å²) in [4.78, 5) is 16.6. The van der Waals surface area contributed by atoms with E-state index < -0.39 is 0 Å². The van der Waals surface area contributed by atoms with Crippen molar-refractivity contribution in [2.75, 3.05) is 5.32 Å². The lowest BCUT2D eigenvalue weighted by Crippen LogP contribution is -2.15. The van der Waals surface area contributed by atoms with Gasteiger partial charge in [0, 0.05) is 5.69 Å². The minimum absolute atomic E-state index is 0.207. The molecule has 0 aliphatic rings. The first-order valence-electron chi connectivity index (χ1n) is 9.30. The van der Waals surface area contributed by atoms with Crippen molar-refractivity contribution in [2.45, 2.75) is 32.9 Å². The summed E-state index contributed by atoms with van der Waals surface area (Å²) in [6, 6.07) is 16.8. The molecule has 1 unspecified atom stereocenters. The van der Waals surface area contributed by atoms with Crippen molar-refractivity contribution >= 4 is 11.6 Å². The number of nitrogens with zero attached hydrogens (tertiary/aromatic N) is 1. The molecule has 0 aliphatic carbocycles. The Balaban J connectivity index is 1.55. The largest absolute Gasteiger partial charge is 0.489 e. The Morgan fingerprint density at radius 1 is 1.14 bits per heavy atom. The van der Waals surface area contributed by atoms with Crippen molar-refractivity contribution in [1.29, 1.82) is 0 Å². The molecule has 1 amide bonds. The number of aromatic nitrogens is 1. The second kappa shape index (κ2) is 9.19. The second-order valence-electron chi connectivity index (χ2n) is 7.06. The van der Waals surface area contributed by atoms with E-state index in [2.05, 4.69) is 24.1 Å². The average molecular weight is 379 g/mol. The molecule has 0 aliphatic heterocycles. The van der Waals surface area contributed by atoms with Crippen molar-refractivity contribution in [3.8, 4) is 5.75 Å². The summed E-state index contributed by atoms with van der Waals surface area (Å²) in [6.45, 7) is 4.64. The number of benzene rings is 2. The number of amides is 1. The first-order chi connectivity index (χ1) is 13.5. The van der Waals surface area contributed by atoms with Crippen LogP contribution in [0.1, 0.15) is 48.3 Å². The van der Waals surface area contributed by atoms with E-state index in [1.54, 1.807) is 12.1 Å². The van der Waals surface area contributed by atoms with Crippen LogP contribution in [-0.4, -0.2) is 10.9 Å². The highest BCUT2D eigenvalue weighted by Crippen LogP contribution is 2.20. The quantitative estimate of drug-likeness (QED) is 0.599. The Kier molecular flexibility index (Phi) is 6.45. The van der Waals surface area contributed by atoms with Gasteiger partial charge in [-0.3, -0.25) is 4.79 Å². The summed E-state index contributed by atoms with van der Waals surface area (Å²) >= 11 is 0. The van der Waals surface area contributed by atoms with Gasteiger partial charge in [-0.25, -0.2) is 4.98 Å². The van der Waals surface area contributed by atoms with E-state index in [1.807, 2.05) is 42.5 Å². The molecule has 6 nitrogen and oxygen atoms in total. The van der Waals surface area contributed by atoms with Gasteiger partial charge in [-0.1, -0.05) is 44.2 Å². The Bertz CT molecular complexity index is 889.